The molecule has 0 unspecified atom stereocenters. The molecule has 2 aromatic rings. The molecule has 0 saturated carbocycles. The number of rotatable bonds is 7. The van der Waals surface area contributed by atoms with E-state index in [0.29, 0.717) is 5.82 Å². The van der Waals surface area contributed by atoms with Crippen molar-refractivity contribution in [3.63, 3.8) is 0 Å². The van der Waals surface area contributed by atoms with Crippen molar-refractivity contribution in [1.29, 1.82) is 0 Å². The normalized spacial score (nSPS) is 10.7. The molecule has 0 aliphatic heterocycles. The van der Waals surface area contributed by atoms with Gasteiger partial charge in [0.2, 0.25) is 0 Å². The number of nitrogen functional groups attached to an aromatic ring is 1. The van der Waals surface area contributed by atoms with Crippen molar-refractivity contribution in [3.8, 4) is 0 Å². The number of anilines is 2. The fourth-order valence-electron chi connectivity index (χ4n) is 2.00. The van der Waals surface area contributed by atoms with Crippen molar-refractivity contribution in [2.45, 2.75) is 33.1 Å². The van der Waals surface area contributed by atoms with Crippen LogP contribution in [-0.2, 0) is 12.8 Å². The second kappa shape index (κ2) is 7.72. The lowest BCUT2D eigenvalue weighted by atomic mass is 10.2. The van der Waals surface area contributed by atoms with Gasteiger partial charge in [-0.2, -0.15) is 0 Å². The van der Waals surface area contributed by atoms with Gasteiger partial charge >= 0.3 is 0 Å². The van der Waals surface area contributed by atoms with E-state index >= 15 is 0 Å². The third-order valence-corrected chi connectivity index (χ3v) is 4.78. The van der Waals surface area contributed by atoms with Crippen molar-refractivity contribution in [2.24, 2.45) is 5.84 Å². The molecule has 114 valence electrons. The molecular formula is C14H20BrN5S. The molecule has 21 heavy (non-hydrogen) atoms. The largest absolute Gasteiger partial charge is 0.369 e. The molecule has 7 heteroatoms. The first kappa shape index (κ1) is 16.2. The van der Waals surface area contributed by atoms with Crippen LogP contribution in [0.3, 0.4) is 0 Å². The Morgan fingerprint density at radius 3 is 2.62 bits per heavy atom. The van der Waals surface area contributed by atoms with E-state index in [1.54, 1.807) is 11.3 Å². The van der Waals surface area contributed by atoms with Crippen LogP contribution in [0.1, 0.15) is 29.6 Å². The van der Waals surface area contributed by atoms with E-state index in [-0.39, 0.29) is 0 Å². The van der Waals surface area contributed by atoms with Crippen molar-refractivity contribution in [2.75, 3.05) is 17.3 Å². The van der Waals surface area contributed by atoms with E-state index in [1.165, 1.54) is 4.88 Å². The second-order valence-electron chi connectivity index (χ2n) is 4.74. The average Bonchev–Trinajstić information content (AvgIpc) is 2.88. The number of hydrogen-bond donors (Lipinski definition) is 3. The summed E-state index contributed by atoms with van der Waals surface area (Å²) in [5.41, 5.74) is 3.60. The molecule has 4 N–H and O–H groups in total. The second-order valence-corrected chi connectivity index (χ2v) is 7.29. The summed E-state index contributed by atoms with van der Waals surface area (Å²) in [6.07, 6.45) is 2.82. The van der Waals surface area contributed by atoms with Crippen LogP contribution >= 0.6 is 27.3 Å². The van der Waals surface area contributed by atoms with Crippen LogP contribution in [-0.4, -0.2) is 16.5 Å². The zero-order valence-electron chi connectivity index (χ0n) is 12.2. The number of hydrazine groups is 1. The smallest absolute Gasteiger partial charge is 0.148 e. The highest BCUT2D eigenvalue weighted by Crippen LogP contribution is 2.23. The predicted octanol–water partition coefficient (Wildman–Crippen LogP) is 3.50. The lowest BCUT2D eigenvalue weighted by Gasteiger charge is -2.13. The van der Waals surface area contributed by atoms with Gasteiger partial charge in [0, 0.05) is 23.4 Å². The summed E-state index contributed by atoms with van der Waals surface area (Å²) >= 11 is 5.24. The first-order valence-electron chi connectivity index (χ1n) is 6.96. The van der Waals surface area contributed by atoms with Crippen LogP contribution in [0.4, 0.5) is 11.6 Å². The lowest BCUT2D eigenvalue weighted by molar-refractivity contribution is 0.830. The van der Waals surface area contributed by atoms with Crippen molar-refractivity contribution in [3.05, 3.63) is 32.2 Å². The molecule has 0 fully saturated rings. The van der Waals surface area contributed by atoms with E-state index in [0.717, 1.165) is 46.8 Å². The Morgan fingerprint density at radius 2 is 2.00 bits per heavy atom. The Bertz CT molecular complexity index is 599. The average molecular weight is 370 g/mol. The van der Waals surface area contributed by atoms with E-state index in [1.807, 2.05) is 6.92 Å². The number of hydrogen-bond acceptors (Lipinski definition) is 6. The number of nitrogens with zero attached hydrogens (tertiary/aromatic N) is 2. The van der Waals surface area contributed by atoms with Crippen LogP contribution in [0.2, 0.25) is 0 Å². The van der Waals surface area contributed by atoms with Gasteiger partial charge in [-0.05, 0) is 47.8 Å². The van der Waals surface area contributed by atoms with E-state index < -0.39 is 0 Å². The molecule has 2 aromatic heterocycles. The minimum absolute atomic E-state index is 0.690. The Hall–Kier alpha value is -1.18. The number of thiophene rings is 1. The molecular weight excluding hydrogens is 350 g/mol. The summed E-state index contributed by atoms with van der Waals surface area (Å²) < 4.78 is 1.16. The van der Waals surface area contributed by atoms with Gasteiger partial charge in [0.25, 0.3) is 0 Å². The van der Waals surface area contributed by atoms with Gasteiger partial charge < -0.3 is 10.7 Å². The van der Waals surface area contributed by atoms with Crippen LogP contribution in [0.25, 0.3) is 0 Å². The highest BCUT2D eigenvalue weighted by molar-refractivity contribution is 9.11. The molecule has 0 spiro atoms. The molecule has 0 saturated heterocycles. The molecule has 0 radical (unpaired) electrons. The maximum Gasteiger partial charge on any atom is 0.148 e. The summed E-state index contributed by atoms with van der Waals surface area (Å²) in [5, 5.41) is 3.39. The third kappa shape index (κ3) is 4.39. The maximum absolute atomic E-state index is 5.54. The fraction of sp³-hybridized carbons (Fsp3) is 0.429. The highest BCUT2D eigenvalue weighted by Gasteiger charge is 2.09. The number of aromatic nitrogens is 2. The van der Waals surface area contributed by atoms with Crippen molar-refractivity contribution < 1.29 is 0 Å². The van der Waals surface area contributed by atoms with Gasteiger partial charge in [0.1, 0.15) is 17.5 Å². The number of nitrogens with two attached hydrogens (primary N) is 1. The van der Waals surface area contributed by atoms with Gasteiger partial charge in [0.05, 0.1) is 3.79 Å². The van der Waals surface area contributed by atoms with Crippen molar-refractivity contribution in [1.82, 2.24) is 9.97 Å². The molecule has 0 aliphatic carbocycles. The van der Waals surface area contributed by atoms with Crippen LogP contribution in [0.5, 0.6) is 0 Å². The maximum atomic E-state index is 5.54. The SMILES string of the molecule is CCCc1nc(NN)c(C)c(NCCc2ccc(Br)s2)n1. The number of halogens is 1. The zero-order chi connectivity index (χ0) is 15.2. The monoisotopic (exact) mass is 369 g/mol. The number of aryl methyl sites for hydroxylation is 1. The minimum Gasteiger partial charge on any atom is -0.369 e. The van der Waals surface area contributed by atoms with Gasteiger partial charge in [-0.15, -0.1) is 11.3 Å². The van der Waals surface area contributed by atoms with Crippen LogP contribution < -0.4 is 16.6 Å². The van der Waals surface area contributed by atoms with E-state index in [4.69, 9.17) is 5.84 Å². The molecule has 2 rings (SSSR count). The fourth-order valence-corrected chi connectivity index (χ4v) is 3.48. The van der Waals surface area contributed by atoms with Gasteiger partial charge in [-0.3, -0.25) is 0 Å². The first-order valence-corrected chi connectivity index (χ1v) is 8.57. The summed E-state index contributed by atoms with van der Waals surface area (Å²) in [7, 11) is 0. The van der Waals surface area contributed by atoms with E-state index in [2.05, 4.69) is 55.7 Å². The summed E-state index contributed by atoms with van der Waals surface area (Å²) in [5.74, 6) is 7.90. The van der Waals surface area contributed by atoms with Crippen molar-refractivity contribution >= 4 is 38.9 Å². The van der Waals surface area contributed by atoms with Crippen LogP contribution in [0.15, 0.2) is 15.9 Å². The standard InChI is InChI=1S/C14H20BrN5S/c1-3-4-12-18-13(9(2)14(19-12)20-16)17-8-7-10-5-6-11(15)21-10/h5-6H,3-4,7-8,16H2,1-2H3,(H2,17,18,19,20). The Balaban J connectivity index is 2.05. The molecule has 0 amide bonds. The Labute approximate surface area is 137 Å². The molecule has 2 heterocycles. The molecule has 5 nitrogen and oxygen atoms in total. The summed E-state index contributed by atoms with van der Waals surface area (Å²) in [6.45, 7) is 4.91. The predicted molar refractivity (Wildman–Crippen MR) is 92.8 cm³/mol. The third-order valence-electron chi connectivity index (χ3n) is 3.10. The summed E-state index contributed by atoms with van der Waals surface area (Å²) in [6, 6.07) is 4.21. The molecule has 0 aromatic carbocycles. The lowest BCUT2D eigenvalue weighted by Crippen LogP contribution is -2.15. The molecule has 0 aliphatic rings. The van der Waals surface area contributed by atoms with Gasteiger partial charge in [-0.25, -0.2) is 15.8 Å². The summed E-state index contributed by atoms with van der Waals surface area (Å²) in [4.78, 5) is 10.3. The quantitative estimate of drug-likeness (QED) is 0.514. The molecule has 0 atom stereocenters. The Morgan fingerprint density at radius 1 is 1.24 bits per heavy atom. The zero-order valence-corrected chi connectivity index (χ0v) is 14.6. The Kier molecular flexibility index (Phi) is 5.96. The number of nitrogens with one attached hydrogen (secondary N) is 2. The topological polar surface area (TPSA) is 75.9 Å². The van der Waals surface area contributed by atoms with Gasteiger partial charge in [0.15, 0.2) is 0 Å². The van der Waals surface area contributed by atoms with E-state index in [9.17, 15) is 0 Å². The van der Waals surface area contributed by atoms with Crippen LogP contribution in [0, 0.1) is 6.92 Å². The highest BCUT2D eigenvalue weighted by atomic mass is 79.9. The molecule has 0 bridgehead atoms. The first-order chi connectivity index (χ1) is 10.1. The minimum atomic E-state index is 0.690. The van der Waals surface area contributed by atoms with Gasteiger partial charge in [-0.1, -0.05) is 6.92 Å².